The zero-order valence-electron chi connectivity index (χ0n) is 12.8. The average Bonchev–Trinajstić information content (AvgIpc) is 3.14. The van der Waals surface area contributed by atoms with E-state index in [0.29, 0.717) is 30.7 Å². The van der Waals surface area contributed by atoms with Crippen molar-refractivity contribution in [2.75, 3.05) is 62.4 Å². The normalized spacial score (nSPS) is 19.1. The maximum absolute atomic E-state index is 5.37. The summed E-state index contributed by atoms with van der Waals surface area (Å²) < 4.78 is 10.7. The maximum atomic E-state index is 5.37. The van der Waals surface area contributed by atoms with E-state index in [1.54, 1.807) is 12.4 Å². The van der Waals surface area contributed by atoms with E-state index in [2.05, 4.69) is 34.9 Å². The molecule has 2 fully saturated rings. The number of nitrogens with zero attached hydrogens (tertiary/aromatic N) is 6. The van der Waals surface area contributed by atoms with E-state index >= 15 is 0 Å². The highest BCUT2D eigenvalue weighted by molar-refractivity contribution is 5.53. The summed E-state index contributed by atoms with van der Waals surface area (Å²) in [7, 11) is 0. The van der Waals surface area contributed by atoms with E-state index in [9.17, 15) is 0 Å². The van der Waals surface area contributed by atoms with Crippen molar-refractivity contribution in [1.82, 2.24) is 25.1 Å². The first-order chi connectivity index (χ1) is 11.4. The molecule has 4 rings (SSSR count). The Hall–Kier alpha value is -2.26. The number of rotatable bonds is 3. The van der Waals surface area contributed by atoms with Gasteiger partial charge in [-0.1, -0.05) is 0 Å². The number of aromatic amines is 1. The Balaban J connectivity index is 1.54. The maximum Gasteiger partial charge on any atom is 0.245 e. The van der Waals surface area contributed by atoms with E-state index < -0.39 is 0 Å². The number of hydrogen-bond donors (Lipinski definition) is 1. The molecular formula is C14H19N7O2. The Labute approximate surface area is 133 Å². The molecule has 0 atom stereocenters. The van der Waals surface area contributed by atoms with Gasteiger partial charge in [0.2, 0.25) is 5.95 Å². The number of nitrogens with one attached hydrogen (secondary N) is 1. The fourth-order valence-corrected chi connectivity index (χ4v) is 2.69. The van der Waals surface area contributed by atoms with E-state index in [4.69, 9.17) is 9.47 Å². The minimum atomic E-state index is 0.633. The van der Waals surface area contributed by atoms with Crippen LogP contribution in [0.25, 0.3) is 11.5 Å². The predicted octanol–water partition coefficient (Wildman–Crippen LogP) is -0.0651. The number of H-pyrrole nitrogens is 1. The lowest BCUT2D eigenvalue weighted by Crippen LogP contribution is -2.37. The van der Waals surface area contributed by atoms with Crippen molar-refractivity contribution in [3.05, 3.63) is 12.4 Å². The van der Waals surface area contributed by atoms with Crippen LogP contribution >= 0.6 is 0 Å². The molecule has 122 valence electrons. The van der Waals surface area contributed by atoms with Crippen molar-refractivity contribution in [3.8, 4) is 11.5 Å². The minimum absolute atomic E-state index is 0.633. The molecule has 2 aliphatic rings. The molecule has 2 saturated heterocycles. The van der Waals surface area contributed by atoms with E-state index in [-0.39, 0.29) is 0 Å². The Morgan fingerprint density at radius 3 is 2.30 bits per heavy atom. The highest BCUT2D eigenvalue weighted by Crippen LogP contribution is 2.19. The highest BCUT2D eigenvalue weighted by Gasteiger charge is 2.18. The zero-order valence-corrected chi connectivity index (χ0v) is 12.8. The Morgan fingerprint density at radius 2 is 1.57 bits per heavy atom. The molecule has 0 spiro atoms. The van der Waals surface area contributed by atoms with E-state index in [1.165, 1.54) is 0 Å². The van der Waals surface area contributed by atoms with Crippen LogP contribution in [0, 0.1) is 0 Å². The lowest BCUT2D eigenvalue weighted by Gasteiger charge is -2.27. The second-order valence-corrected chi connectivity index (χ2v) is 5.45. The van der Waals surface area contributed by atoms with Gasteiger partial charge in [0.15, 0.2) is 5.82 Å². The molecule has 2 aromatic rings. The molecule has 23 heavy (non-hydrogen) atoms. The SMILES string of the molecule is c1ncc(N2CCOCC2)nc1-c1nc(N2CCOCC2)n[nH]1. The van der Waals surface area contributed by atoms with Crippen molar-refractivity contribution in [2.24, 2.45) is 0 Å². The van der Waals surface area contributed by atoms with E-state index in [0.717, 1.165) is 45.2 Å². The molecule has 0 saturated carbocycles. The molecule has 0 aromatic carbocycles. The van der Waals surface area contributed by atoms with Gasteiger partial charge in [-0.2, -0.15) is 4.98 Å². The van der Waals surface area contributed by atoms with Crippen LogP contribution in [-0.2, 0) is 9.47 Å². The topological polar surface area (TPSA) is 92.3 Å². The molecule has 4 heterocycles. The lowest BCUT2D eigenvalue weighted by atomic mass is 10.4. The third kappa shape index (κ3) is 3.10. The fraction of sp³-hybridized carbons (Fsp3) is 0.571. The van der Waals surface area contributed by atoms with Crippen LogP contribution in [-0.4, -0.2) is 77.8 Å². The van der Waals surface area contributed by atoms with Crippen molar-refractivity contribution < 1.29 is 9.47 Å². The molecule has 0 aliphatic carbocycles. The molecule has 0 radical (unpaired) electrons. The Kier molecular flexibility index (Phi) is 4.03. The molecular weight excluding hydrogens is 298 g/mol. The molecule has 1 N–H and O–H groups in total. The summed E-state index contributed by atoms with van der Waals surface area (Å²) in [6.07, 6.45) is 3.47. The van der Waals surface area contributed by atoms with Gasteiger partial charge in [-0.15, -0.1) is 5.10 Å². The highest BCUT2D eigenvalue weighted by atomic mass is 16.5. The summed E-state index contributed by atoms with van der Waals surface area (Å²) in [5.41, 5.74) is 0.695. The van der Waals surface area contributed by atoms with Gasteiger partial charge in [0.25, 0.3) is 0 Å². The van der Waals surface area contributed by atoms with Gasteiger partial charge in [-0.3, -0.25) is 10.1 Å². The zero-order chi connectivity index (χ0) is 15.5. The molecule has 0 amide bonds. The minimum Gasteiger partial charge on any atom is -0.378 e. The first kappa shape index (κ1) is 14.3. The van der Waals surface area contributed by atoms with Crippen molar-refractivity contribution in [1.29, 1.82) is 0 Å². The summed E-state index contributed by atoms with van der Waals surface area (Å²) in [6, 6.07) is 0. The first-order valence-corrected chi connectivity index (χ1v) is 7.80. The summed E-state index contributed by atoms with van der Waals surface area (Å²) in [6.45, 7) is 6.10. The van der Waals surface area contributed by atoms with Crippen LogP contribution in [0.5, 0.6) is 0 Å². The van der Waals surface area contributed by atoms with Crippen LogP contribution in [0.15, 0.2) is 12.4 Å². The monoisotopic (exact) mass is 317 g/mol. The van der Waals surface area contributed by atoms with Crippen molar-refractivity contribution >= 4 is 11.8 Å². The Morgan fingerprint density at radius 1 is 0.870 bits per heavy atom. The van der Waals surface area contributed by atoms with Gasteiger partial charge in [0.1, 0.15) is 11.5 Å². The Bertz CT molecular complexity index is 650. The van der Waals surface area contributed by atoms with Gasteiger partial charge in [0, 0.05) is 26.2 Å². The number of aromatic nitrogens is 5. The van der Waals surface area contributed by atoms with Crippen LogP contribution < -0.4 is 9.80 Å². The average molecular weight is 317 g/mol. The molecule has 9 heteroatoms. The number of morpholine rings is 2. The first-order valence-electron chi connectivity index (χ1n) is 7.80. The van der Waals surface area contributed by atoms with E-state index in [1.807, 2.05) is 0 Å². The van der Waals surface area contributed by atoms with Gasteiger partial charge in [-0.05, 0) is 0 Å². The second kappa shape index (κ2) is 6.47. The number of anilines is 2. The summed E-state index contributed by atoms with van der Waals surface area (Å²) in [5, 5.41) is 7.25. The van der Waals surface area contributed by atoms with Gasteiger partial charge in [0.05, 0.1) is 38.8 Å². The fourth-order valence-electron chi connectivity index (χ4n) is 2.69. The van der Waals surface area contributed by atoms with Crippen LogP contribution in [0.3, 0.4) is 0 Å². The standard InChI is InChI=1S/C14H19N7O2/c1-5-22-6-2-20(1)12-10-15-9-11(16-12)13-17-14(19-18-13)21-3-7-23-8-4-21/h9-10H,1-8H2,(H,17,18,19). The third-order valence-corrected chi connectivity index (χ3v) is 3.97. The molecule has 2 aliphatic heterocycles. The number of hydrogen-bond acceptors (Lipinski definition) is 8. The van der Waals surface area contributed by atoms with Crippen molar-refractivity contribution in [3.63, 3.8) is 0 Å². The largest absolute Gasteiger partial charge is 0.378 e. The van der Waals surface area contributed by atoms with Gasteiger partial charge in [-0.25, -0.2) is 4.98 Å². The summed E-state index contributed by atoms with van der Waals surface area (Å²) in [5.74, 6) is 2.16. The quantitative estimate of drug-likeness (QED) is 0.841. The molecule has 0 bridgehead atoms. The third-order valence-electron chi connectivity index (χ3n) is 3.97. The van der Waals surface area contributed by atoms with Crippen LogP contribution in [0.4, 0.5) is 11.8 Å². The van der Waals surface area contributed by atoms with Gasteiger partial charge >= 0.3 is 0 Å². The number of ether oxygens (including phenoxy) is 2. The van der Waals surface area contributed by atoms with Crippen molar-refractivity contribution in [2.45, 2.75) is 0 Å². The van der Waals surface area contributed by atoms with Crippen LogP contribution in [0.1, 0.15) is 0 Å². The molecule has 2 aromatic heterocycles. The second-order valence-electron chi connectivity index (χ2n) is 5.45. The van der Waals surface area contributed by atoms with Crippen LogP contribution in [0.2, 0.25) is 0 Å². The smallest absolute Gasteiger partial charge is 0.245 e. The summed E-state index contributed by atoms with van der Waals surface area (Å²) >= 11 is 0. The van der Waals surface area contributed by atoms with Gasteiger partial charge < -0.3 is 19.3 Å². The summed E-state index contributed by atoms with van der Waals surface area (Å²) in [4.78, 5) is 17.8. The predicted molar refractivity (Wildman–Crippen MR) is 83.5 cm³/mol. The lowest BCUT2D eigenvalue weighted by molar-refractivity contribution is 0.122. The molecule has 9 nitrogen and oxygen atoms in total. The molecule has 0 unspecified atom stereocenters.